The normalized spacial score (nSPS) is 14.8. The van der Waals surface area contributed by atoms with E-state index in [1.165, 1.54) is 6.07 Å². The topological polar surface area (TPSA) is 26.0 Å². The molecule has 90 valence electrons. The van der Waals surface area contributed by atoms with Crippen molar-refractivity contribution >= 4 is 0 Å². The first-order chi connectivity index (χ1) is 7.50. The van der Waals surface area contributed by atoms with Gasteiger partial charge in [-0.25, -0.2) is 13.2 Å². The molecule has 16 heavy (non-hydrogen) atoms. The number of hydrogen-bond acceptors (Lipinski definition) is 1. The van der Waals surface area contributed by atoms with E-state index in [9.17, 15) is 13.2 Å². The van der Waals surface area contributed by atoms with Crippen molar-refractivity contribution in [2.75, 3.05) is 6.54 Å². The highest BCUT2D eigenvalue weighted by atomic mass is 19.1. The first-order valence-electron chi connectivity index (χ1n) is 5.33. The molecule has 0 heterocycles. The molecule has 1 unspecified atom stereocenters. The second-order valence-corrected chi connectivity index (χ2v) is 4.02. The second kappa shape index (κ2) is 5.34. The van der Waals surface area contributed by atoms with Crippen LogP contribution in [0.1, 0.15) is 25.3 Å². The molecule has 0 radical (unpaired) electrons. The summed E-state index contributed by atoms with van der Waals surface area (Å²) in [6, 6.07) is 3.16. The van der Waals surface area contributed by atoms with Crippen LogP contribution in [-0.2, 0) is 6.42 Å². The minimum atomic E-state index is -1.60. The number of halogens is 3. The van der Waals surface area contributed by atoms with E-state index in [-0.39, 0.29) is 24.9 Å². The molecule has 0 aliphatic rings. The minimum Gasteiger partial charge on any atom is -0.328 e. The van der Waals surface area contributed by atoms with E-state index in [2.05, 4.69) is 0 Å². The standard InChI is InChI=1S/C12H16F3N/c1-2-5-12(15,8-16)7-9-3-4-10(13)6-11(9)14/h3-4,6H,2,5,7-8,16H2,1H3. The van der Waals surface area contributed by atoms with Crippen LogP contribution < -0.4 is 5.73 Å². The zero-order chi connectivity index (χ0) is 12.2. The predicted molar refractivity (Wildman–Crippen MR) is 57.9 cm³/mol. The Kier molecular flexibility index (Phi) is 4.35. The summed E-state index contributed by atoms with van der Waals surface area (Å²) in [5, 5.41) is 0. The molecule has 0 bridgehead atoms. The molecule has 0 aliphatic carbocycles. The Morgan fingerprint density at radius 1 is 1.31 bits per heavy atom. The average Bonchev–Trinajstić information content (AvgIpc) is 2.23. The first kappa shape index (κ1) is 13.0. The van der Waals surface area contributed by atoms with E-state index in [4.69, 9.17) is 5.73 Å². The van der Waals surface area contributed by atoms with Gasteiger partial charge in [0, 0.05) is 19.0 Å². The van der Waals surface area contributed by atoms with Gasteiger partial charge in [0.1, 0.15) is 17.3 Å². The molecule has 0 aliphatic heterocycles. The monoisotopic (exact) mass is 231 g/mol. The van der Waals surface area contributed by atoms with Crippen LogP contribution in [-0.4, -0.2) is 12.2 Å². The van der Waals surface area contributed by atoms with E-state index >= 15 is 0 Å². The molecule has 0 aromatic heterocycles. The smallest absolute Gasteiger partial charge is 0.129 e. The fourth-order valence-corrected chi connectivity index (χ4v) is 1.72. The summed E-state index contributed by atoms with van der Waals surface area (Å²) in [5.74, 6) is -1.37. The number of hydrogen-bond donors (Lipinski definition) is 1. The van der Waals surface area contributed by atoms with E-state index < -0.39 is 17.3 Å². The van der Waals surface area contributed by atoms with Gasteiger partial charge in [-0.1, -0.05) is 19.4 Å². The third-order valence-electron chi connectivity index (χ3n) is 2.59. The van der Waals surface area contributed by atoms with Crippen molar-refractivity contribution in [3.8, 4) is 0 Å². The summed E-state index contributed by atoms with van der Waals surface area (Å²) in [6.07, 6.45) is 0.806. The quantitative estimate of drug-likeness (QED) is 0.828. The van der Waals surface area contributed by atoms with Gasteiger partial charge in [-0.05, 0) is 18.1 Å². The fourth-order valence-electron chi connectivity index (χ4n) is 1.72. The van der Waals surface area contributed by atoms with Crippen molar-refractivity contribution in [1.82, 2.24) is 0 Å². The van der Waals surface area contributed by atoms with Gasteiger partial charge < -0.3 is 5.73 Å². The average molecular weight is 231 g/mol. The van der Waals surface area contributed by atoms with Crippen LogP contribution in [0.5, 0.6) is 0 Å². The largest absolute Gasteiger partial charge is 0.328 e. The maximum Gasteiger partial charge on any atom is 0.129 e. The summed E-state index contributed by atoms with van der Waals surface area (Å²) in [5.41, 5.74) is 3.91. The fraction of sp³-hybridized carbons (Fsp3) is 0.500. The van der Waals surface area contributed by atoms with Crippen molar-refractivity contribution in [1.29, 1.82) is 0 Å². The van der Waals surface area contributed by atoms with Gasteiger partial charge in [-0.15, -0.1) is 0 Å². The van der Waals surface area contributed by atoms with Crippen LogP contribution in [0.3, 0.4) is 0 Å². The highest BCUT2D eigenvalue weighted by Crippen LogP contribution is 2.24. The lowest BCUT2D eigenvalue weighted by atomic mass is 9.92. The van der Waals surface area contributed by atoms with E-state index in [0.717, 1.165) is 12.1 Å². The van der Waals surface area contributed by atoms with Crippen LogP contribution in [0.4, 0.5) is 13.2 Å². The van der Waals surface area contributed by atoms with Gasteiger partial charge in [0.25, 0.3) is 0 Å². The predicted octanol–water partition coefficient (Wildman–Crippen LogP) is 2.97. The SMILES string of the molecule is CCCC(F)(CN)Cc1ccc(F)cc1F. The van der Waals surface area contributed by atoms with Gasteiger partial charge in [0.15, 0.2) is 0 Å². The molecule has 2 N–H and O–H groups in total. The van der Waals surface area contributed by atoms with Gasteiger partial charge in [0.05, 0.1) is 0 Å². The lowest BCUT2D eigenvalue weighted by molar-refractivity contribution is 0.157. The van der Waals surface area contributed by atoms with Crippen LogP contribution in [0.25, 0.3) is 0 Å². The molecular weight excluding hydrogens is 215 g/mol. The zero-order valence-electron chi connectivity index (χ0n) is 9.27. The molecular formula is C12H16F3N. The van der Waals surface area contributed by atoms with Crippen LogP contribution in [0, 0.1) is 11.6 Å². The van der Waals surface area contributed by atoms with Crippen molar-refractivity contribution < 1.29 is 13.2 Å². The van der Waals surface area contributed by atoms with Gasteiger partial charge in [-0.3, -0.25) is 0 Å². The third-order valence-corrected chi connectivity index (χ3v) is 2.59. The van der Waals surface area contributed by atoms with Crippen molar-refractivity contribution in [2.24, 2.45) is 5.73 Å². The Balaban J connectivity index is 2.85. The van der Waals surface area contributed by atoms with E-state index in [0.29, 0.717) is 6.42 Å². The highest BCUT2D eigenvalue weighted by Gasteiger charge is 2.28. The number of rotatable bonds is 5. The van der Waals surface area contributed by atoms with Crippen LogP contribution in [0.2, 0.25) is 0 Å². The number of alkyl halides is 1. The number of benzene rings is 1. The highest BCUT2D eigenvalue weighted by molar-refractivity contribution is 5.20. The Morgan fingerprint density at radius 2 is 2.00 bits per heavy atom. The maximum absolute atomic E-state index is 14.1. The van der Waals surface area contributed by atoms with Crippen molar-refractivity contribution in [3.63, 3.8) is 0 Å². The van der Waals surface area contributed by atoms with Gasteiger partial charge >= 0.3 is 0 Å². The second-order valence-electron chi connectivity index (χ2n) is 4.02. The molecule has 0 fully saturated rings. The van der Waals surface area contributed by atoms with E-state index in [1.54, 1.807) is 0 Å². The van der Waals surface area contributed by atoms with Gasteiger partial charge in [-0.2, -0.15) is 0 Å². The zero-order valence-corrected chi connectivity index (χ0v) is 9.27. The molecule has 0 spiro atoms. The lowest BCUT2D eigenvalue weighted by Gasteiger charge is -2.23. The van der Waals surface area contributed by atoms with Crippen molar-refractivity contribution in [3.05, 3.63) is 35.4 Å². The summed E-state index contributed by atoms with van der Waals surface area (Å²) in [7, 11) is 0. The maximum atomic E-state index is 14.1. The lowest BCUT2D eigenvalue weighted by Crippen LogP contribution is -2.35. The Labute approximate surface area is 93.5 Å². The molecule has 0 saturated heterocycles. The summed E-state index contributed by atoms with van der Waals surface area (Å²) in [4.78, 5) is 0. The van der Waals surface area contributed by atoms with Gasteiger partial charge in [0.2, 0.25) is 0 Å². The van der Waals surface area contributed by atoms with Crippen LogP contribution in [0.15, 0.2) is 18.2 Å². The van der Waals surface area contributed by atoms with E-state index in [1.807, 2.05) is 6.92 Å². The van der Waals surface area contributed by atoms with Crippen LogP contribution >= 0.6 is 0 Å². The molecule has 1 aromatic rings. The first-order valence-corrected chi connectivity index (χ1v) is 5.33. The summed E-state index contributed by atoms with van der Waals surface area (Å²) < 4.78 is 40.1. The number of nitrogens with two attached hydrogens (primary N) is 1. The van der Waals surface area contributed by atoms with Crippen molar-refractivity contribution in [2.45, 2.75) is 31.9 Å². The molecule has 4 heteroatoms. The Bertz CT molecular complexity index is 354. The Morgan fingerprint density at radius 3 is 2.50 bits per heavy atom. The molecule has 1 aromatic carbocycles. The third kappa shape index (κ3) is 3.23. The molecule has 0 saturated carbocycles. The molecule has 1 nitrogen and oxygen atoms in total. The molecule has 1 rings (SSSR count). The molecule has 0 amide bonds. The Hall–Kier alpha value is -1.03. The molecule has 1 atom stereocenters. The summed E-state index contributed by atoms with van der Waals surface area (Å²) in [6.45, 7) is 1.68. The summed E-state index contributed by atoms with van der Waals surface area (Å²) >= 11 is 0. The minimum absolute atomic E-state index is 0.108.